The van der Waals surface area contributed by atoms with Crippen molar-refractivity contribution < 1.29 is 9.00 Å². The molecule has 0 fully saturated rings. The van der Waals surface area contributed by atoms with E-state index in [9.17, 15) is 9.00 Å². The van der Waals surface area contributed by atoms with Gasteiger partial charge in [-0.3, -0.25) is 9.00 Å². The minimum atomic E-state index is -0.815. The van der Waals surface area contributed by atoms with Crippen molar-refractivity contribution in [1.82, 2.24) is 5.32 Å². The maximum atomic E-state index is 12.0. The second-order valence-electron chi connectivity index (χ2n) is 4.05. The fourth-order valence-electron chi connectivity index (χ4n) is 1.51. The lowest BCUT2D eigenvalue weighted by atomic mass is 10.1. The number of carbonyl (C=O) groups is 1. The number of nitrogen functional groups attached to an aromatic ring is 1. The zero-order chi connectivity index (χ0) is 13.7. The molecule has 18 heavy (non-hydrogen) atoms. The van der Waals surface area contributed by atoms with Crippen molar-refractivity contribution in [3.8, 4) is 0 Å². The Morgan fingerprint density at radius 2 is 2.17 bits per heavy atom. The summed E-state index contributed by atoms with van der Waals surface area (Å²) in [5, 5.41) is 2.80. The molecule has 100 valence electrons. The molecule has 0 saturated carbocycles. The predicted octanol–water partition coefficient (Wildman–Crippen LogP) is 1.84. The molecular formula is C12H17BrN2O2S. The zero-order valence-corrected chi connectivity index (χ0v) is 12.9. The van der Waals surface area contributed by atoms with Gasteiger partial charge in [-0.25, -0.2) is 0 Å². The van der Waals surface area contributed by atoms with E-state index in [1.165, 1.54) is 0 Å². The summed E-state index contributed by atoms with van der Waals surface area (Å²) < 4.78 is 11.7. The average molecular weight is 333 g/mol. The summed E-state index contributed by atoms with van der Waals surface area (Å²) in [6.07, 6.45) is 2.36. The van der Waals surface area contributed by atoms with Crippen LogP contribution in [0.1, 0.15) is 22.3 Å². The lowest BCUT2D eigenvalue weighted by Gasteiger charge is -2.10. The van der Waals surface area contributed by atoms with Crippen molar-refractivity contribution in [3.63, 3.8) is 0 Å². The molecule has 1 rings (SSSR count). The van der Waals surface area contributed by atoms with Gasteiger partial charge < -0.3 is 11.1 Å². The Morgan fingerprint density at radius 1 is 1.50 bits per heavy atom. The van der Waals surface area contributed by atoms with Gasteiger partial charge >= 0.3 is 0 Å². The molecule has 1 aromatic carbocycles. The summed E-state index contributed by atoms with van der Waals surface area (Å²) in [4.78, 5) is 12.0. The monoisotopic (exact) mass is 332 g/mol. The van der Waals surface area contributed by atoms with Gasteiger partial charge in [-0.1, -0.05) is 15.9 Å². The van der Waals surface area contributed by atoms with Gasteiger partial charge in [0.15, 0.2) is 0 Å². The Hall–Kier alpha value is -0.880. The van der Waals surface area contributed by atoms with Gasteiger partial charge in [-0.2, -0.15) is 0 Å². The van der Waals surface area contributed by atoms with Gasteiger partial charge in [-0.15, -0.1) is 0 Å². The first-order valence-electron chi connectivity index (χ1n) is 5.55. The van der Waals surface area contributed by atoms with Crippen molar-refractivity contribution in [2.45, 2.75) is 13.3 Å². The molecule has 0 heterocycles. The minimum Gasteiger partial charge on any atom is -0.398 e. The van der Waals surface area contributed by atoms with E-state index < -0.39 is 10.8 Å². The number of nitrogens with two attached hydrogens (primary N) is 1. The molecule has 1 aromatic rings. The molecule has 1 atom stereocenters. The van der Waals surface area contributed by atoms with Gasteiger partial charge in [0.2, 0.25) is 0 Å². The van der Waals surface area contributed by atoms with Gasteiger partial charge in [0.05, 0.1) is 0 Å². The van der Waals surface area contributed by atoms with Crippen LogP contribution in [0.4, 0.5) is 5.69 Å². The van der Waals surface area contributed by atoms with E-state index in [4.69, 9.17) is 5.73 Å². The van der Waals surface area contributed by atoms with Crippen LogP contribution in [0.2, 0.25) is 0 Å². The molecular weight excluding hydrogens is 316 g/mol. The number of anilines is 1. The molecule has 1 unspecified atom stereocenters. The van der Waals surface area contributed by atoms with Gasteiger partial charge in [0, 0.05) is 45.1 Å². The first kappa shape index (κ1) is 15.2. The number of rotatable bonds is 5. The number of benzene rings is 1. The molecule has 0 bridgehead atoms. The van der Waals surface area contributed by atoms with E-state index in [-0.39, 0.29) is 5.91 Å². The molecule has 0 aliphatic carbocycles. The lowest BCUT2D eigenvalue weighted by Crippen LogP contribution is -2.26. The Morgan fingerprint density at radius 3 is 2.78 bits per heavy atom. The van der Waals surface area contributed by atoms with Crippen LogP contribution in [0.3, 0.4) is 0 Å². The Bertz CT molecular complexity index is 477. The number of hydrogen-bond donors (Lipinski definition) is 2. The molecule has 0 aliphatic heterocycles. The summed E-state index contributed by atoms with van der Waals surface area (Å²) >= 11 is 3.32. The van der Waals surface area contributed by atoms with Crippen molar-refractivity contribution in [1.29, 1.82) is 0 Å². The topological polar surface area (TPSA) is 72.2 Å². The van der Waals surface area contributed by atoms with Crippen LogP contribution in [0.25, 0.3) is 0 Å². The fraction of sp³-hybridized carbons (Fsp3) is 0.417. The van der Waals surface area contributed by atoms with Crippen LogP contribution >= 0.6 is 15.9 Å². The second-order valence-corrected chi connectivity index (χ2v) is 6.52. The van der Waals surface area contributed by atoms with Crippen LogP contribution in [0, 0.1) is 6.92 Å². The van der Waals surface area contributed by atoms with E-state index in [1.54, 1.807) is 18.4 Å². The largest absolute Gasteiger partial charge is 0.398 e. The third kappa shape index (κ3) is 4.42. The first-order valence-corrected chi connectivity index (χ1v) is 8.07. The van der Waals surface area contributed by atoms with Gasteiger partial charge in [0.25, 0.3) is 5.91 Å². The summed E-state index contributed by atoms with van der Waals surface area (Å²) in [7, 11) is -0.815. The number of amides is 1. The van der Waals surface area contributed by atoms with Crippen molar-refractivity contribution in [3.05, 3.63) is 27.7 Å². The highest BCUT2D eigenvalue weighted by Gasteiger charge is 2.11. The molecule has 4 nitrogen and oxygen atoms in total. The molecule has 0 aromatic heterocycles. The normalized spacial score (nSPS) is 12.2. The quantitative estimate of drug-likeness (QED) is 0.638. The van der Waals surface area contributed by atoms with E-state index in [2.05, 4.69) is 21.2 Å². The third-order valence-corrected chi connectivity index (χ3v) is 3.87. The number of carbonyl (C=O) groups excluding carboxylic acids is 1. The molecule has 0 aliphatic rings. The van der Waals surface area contributed by atoms with Crippen molar-refractivity contribution >= 4 is 38.3 Å². The number of hydrogen-bond acceptors (Lipinski definition) is 3. The average Bonchev–Trinajstić information content (AvgIpc) is 2.28. The third-order valence-electron chi connectivity index (χ3n) is 2.55. The highest BCUT2D eigenvalue weighted by atomic mass is 79.9. The van der Waals surface area contributed by atoms with E-state index in [0.29, 0.717) is 30.0 Å². The molecule has 0 saturated heterocycles. The van der Waals surface area contributed by atoms with Gasteiger partial charge in [0.1, 0.15) is 0 Å². The van der Waals surface area contributed by atoms with Crippen molar-refractivity contribution in [2.75, 3.05) is 24.3 Å². The Kier molecular flexibility index (Phi) is 5.81. The Labute approximate surface area is 118 Å². The van der Waals surface area contributed by atoms with Crippen LogP contribution in [0.5, 0.6) is 0 Å². The van der Waals surface area contributed by atoms with Crippen LogP contribution < -0.4 is 11.1 Å². The summed E-state index contributed by atoms with van der Waals surface area (Å²) in [6, 6.07) is 3.52. The molecule has 0 radical (unpaired) electrons. The molecule has 0 spiro atoms. The van der Waals surface area contributed by atoms with Gasteiger partial charge in [-0.05, 0) is 31.0 Å². The summed E-state index contributed by atoms with van der Waals surface area (Å²) in [5.74, 6) is 0.447. The number of nitrogens with one attached hydrogen (secondary N) is 1. The second kappa shape index (κ2) is 6.89. The highest BCUT2D eigenvalue weighted by Crippen LogP contribution is 2.22. The standard InChI is InChI=1S/C12H17BrN2O2S/c1-8-10(6-9(13)7-11(8)14)12(16)15-4-3-5-18(2)17/h6-7H,3-5,14H2,1-2H3,(H,15,16). The highest BCUT2D eigenvalue weighted by molar-refractivity contribution is 9.10. The molecule has 1 amide bonds. The lowest BCUT2D eigenvalue weighted by molar-refractivity contribution is 0.0953. The Balaban J connectivity index is 2.64. The smallest absolute Gasteiger partial charge is 0.251 e. The van der Waals surface area contributed by atoms with E-state index in [1.807, 2.05) is 6.92 Å². The SMILES string of the molecule is Cc1c(N)cc(Br)cc1C(=O)NCCCS(C)=O. The fourth-order valence-corrected chi connectivity index (χ4v) is 2.53. The first-order chi connectivity index (χ1) is 8.41. The maximum absolute atomic E-state index is 12.0. The summed E-state index contributed by atoms with van der Waals surface area (Å²) in [5.41, 5.74) is 7.73. The van der Waals surface area contributed by atoms with E-state index >= 15 is 0 Å². The molecule has 3 N–H and O–H groups in total. The van der Waals surface area contributed by atoms with Crippen LogP contribution in [-0.4, -0.2) is 28.7 Å². The van der Waals surface area contributed by atoms with Crippen LogP contribution in [0.15, 0.2) is 16.6 Å². The van der Waals surface area contributed by atoms with E-state index in [0.717, 1.165) is 10.0 Å². The van der Waals surface area contributed by atoms with Crippen molar-refractivity contribution in [2.24, 2.45) is 0 Å². The molecule has 6 heteroatoms. The van der Waals surface area contributed by atoms with Crippen LogP contribution in [-0.2, 0) is 10.8 Å². The zero-order valence-electron chi connectivity index (χ0n) is 10.5. The maximum Gasteiger partial charge on any atom is 0.251 e. The summed E-state index contributed by atoms with van der Waals surface area (Å²) in [6.45, 7) is 2.34. The minimum absolute atomic E-state index is 0.151. The predicted molar refractivity (Wildman–Crippen MR) is 79.2 cm³/mol. The number of halogens is 1.